The number of anilines is 1. The molecule has 8 heteroatoms. The lowest BCUT2D eigenvalue weighted by atomic mass is 10.1. The van der Waals surface area contributed by atoms with Gasteiger partial charge in [-0.1, -0.05) is 18.2 Å². The summed E-state index contributed by atoms with van der Waals surface area (Å²) >= 11 is 0. The zero-order chi connectivity index (χ0) is 23.1. The molecule has 1 aliphatic rings. The maximum atomic E-state index is 13.0. The Morgan fingerprint density at radius 3 is 2.45 bits per heavy atom. The molecule has 0 fully saturated rings. The molecule has 164 valence electrons. The Hall–Kier alpha value is -4.46. The molecule has 3 heterocycles. The minimum Gasteiger partial charge on any atom is -0.467 e. The van der Waals surface area contributed by atoms with E-state index in [0.29, 0.717) is 17.1 Å². The van der Waals surface area contributed by atoms with Gasteiger partial charge in [0.25, 0.3) is 17.7 Å². The van der Waals surface area contributed by atoms with Crippen molar-refractivity contribution < 1.29 is 18.8 Å². The van der Waals surface area contributed by atoms with Crippen LogP contribution in [-0.2, 0) is 6.54 Å². The van der Waals surface area contributed by atoms with Gasteiger partial charge in [0.05, 0.1) is 46.7 Å². The molecule has 1 aliphatic heterocycles. The number of rotatable bonds is 5. The third-order valence-corrected chi connectivity index (χ3v) is 5.66. The first-order valence-corrected chi connectivity index (χ1v) is 10.4. The number of hydrogen-bond donors (Lipinski definition) is 1. The predicted molar refractivity (Wildman–Crippen MR) is 120 cm³/mol. The van der Waals surface area contributed by atoms with Gasteiger partial charge in [-0.25, -0.2) is 4.68 Å². The van der Waals surface area contributed by atoms with Gasteiger partial charge in [0.2, 0.25) is 0 Å². The maximum Gasteiger partial charge on any atom is 0.261 e. The summed E-state index contributed by atoms with van der Waals surface area (Å²) in [6, 6.07) is 17.5. The summed E-state index contributed by atoms with van der Waals surface area (Å²) in [5, 5.41) is 7.44. The van der Waals surface area contributed by atoms with Crippen molar-refractivity contribution in [3.05, 3.63) is 101 Å². The first kappa shape index (κ1) is 20.4. The number of nitrogens with zero attached hydrogens (tertiary/aromatic N) is 3. The maximum absolute atomic E-state index is 13.0. The van der Waals surface area contributed by atoms with Crippen molar-refractivity contribution in [2.24, 2.45) is 0 Å². The van der Waals surface area contributed by atoms with Gasteiger partial charge in [0, 0.05) is 5.56 Å². The molecule has 0 unspecified atom stereocenters. The summed E-state index contributed by atoms with van der Waals surface area (Å²) in [5.74, 6) is -0.746. The third-order valence-electron chi connectivity index (χ3n) is 5.66. The number of nitrogens with one attached hydrogen (secondary N) is 1. The van der Waals surface area contributed by atoms with Crippen LogP contribution in [0.15, 0.2) is 71.3 Å². The number of para-hydroxylation sites is 1. The monoisotopic (exact) mass is 440 g/mol. The molecule has 0 spiro atoms. The Balaban J connectivity index is 1.40. The summed E-state index contributed by atoms with van der Waals surface area (Å²) < 4.78 is 7.02. The fourth-order valence-corrected chi connectivity index (χ4v) is 3.96. The van der Waals surface area contributed by atoms with Gasteiger partial charge >= 0.3 is 0 Å². The number of carbonyl (C=O) groups is 3. The number of aryl methyl sites for hydroxylation is 1. The highest BCUT2D eigenvalue weighted by atomic mass is 16.3. The fraction of sp³-hybridized carbons (Fsp3) is 0.120. The van der Waals surface area contributed by atoms with E-state index in [0.717, 1.165) is 16.3 Å². The number of benzene rings is 2. The first-order valence-electron chi connectivity index (χ1n) is 10.4. The Labute approximate surface area is 189 Å². The van der Waals surface area contributed by atoms with E-state index in [1.165, 1.54) is 18.4 Å². The van der Waals surface area contributed by atoms with E-state index in [-0.39, 0.29) is 29.1 Å². The van der Waals surface area contributed by atoms with Crippen LogP contribution in [0.5, 0.6) is 0 Å². The Kier molecular flexibility index (Phi) is 4.90. The van der Waals surface area contributed by atoms with Crippen LogP contribution in [0.4, 0.5) is 5.69 Å². The number of carbonyl (C=O) groups excluding carboxylic acids is 3. The molecule has 0 bridgehead atoms. The molecular formula is C25H20N4O4. The van der Waals surface area contributed by atoms with Crippen LogP contribution in [0.3, 0.4) is 0 Å². The van der Waals surface area contributed by atoms with Crippen LogP contribution in [0.25, 0.3) is 5.69 Å². The number of fused-ring (bicyclic) bond motifs is 1. The molecule has 0 saturated heterocycles. The number of hydrogen-bond acceptors (Lipinski definition) is 5. The average Bonchev–Trinajstić information content (AvgIpc) is 3.51. The lowest BCUT2D eigenvalue weighted by molar-refractivity contribution is 0.0631. The topological polar surface area (TPSA) is 97.4 Å². The van der Waals surface area contributed by atoms with E-state index in [1.54, 1.807) is 22.9 Å². The molecule has 0 atom stereocenters. The van der Waals surface area contributed by atoms with Crippen molar-refractivity contribution in [3.8, 4) is 5.69 Å². The highest BCUT2D eigenvalue weighted by Crippen LogP contribution is 2.27. The standard InChI is InChI=1S/C25H20N4O4/c1-15-22(16(2)29(27-15)18-7-4-3-5-8-18)26-23(30)17-10-11-20-21(13-17)25(32)28(24(20)31)14-19-9-6-12-33-19/h3-13H,14H2,1-2H3,(H,26,30). The van der Waals surface area contributed by atoms with Crippen LogP contribution >= 0.6 is 0 Å². The molecule has 0 aliphatic carbocycles. The largest absolute Gasteiger partial charge is 0.467 e. The van der Waals surface area contributed by atoms with E-state index >= 15 is 0 Å². The first-order chi connectivity index (χ1) is 15.9. The average molecular weight is 440 g/mol. The van der Waals surface area contributed by atoms with Crippen LogP contribution in [-0.4, -0.2) is 32.4 Å². The van der Waals surface area contributed by atoms with Crippen LogP contribution in [0.1, 0.15) is 48.2 Å². The SMILES string of the molecule is Cc1nn(-c2ccccc2)c(C)c1NC(=O)c1ccc2c(c1)C(=O)N(Cc1ccco1)C2=O. The van der Waals surface area contributed by atoms with Gasteiger partial charge in [0.15, 0.2) is 0 Å². The number of amides is 3. The number of aromatic nitrogens is 2. The molecule has 3 amide bonds. The van der Waals surface area contributed by atoms with E-state index in [2.05, 4.69) is 10.4 Å². The molecule has 2 aromatic carbocycles. The molecule has 4 aromatic rings. The van der Waals surface area contributed by atoms with Gasteiger partial charge < -0.3 is 9.73 Å². The third kappa shape index (κ3) is 3.51. The molecule has 0 radical (unpaired) electrons. The Morgan fingerprint density at radius 1 is 0.970 bits per heavy atom. The van der Waals surface area contributed by atoms with Gasteiger partial charge in [-0.15, -0.1) is 0 Å². The summed E-state index contributed by atoms with van der Waals surface area (Å²) in [7, 11) is 0. The smallest absolute Gasteiger partial charge is 0.261 e. The second-order valence-corrected chi connectivity index (χ2v) is 7.78. The molecule has 5 rings (SSSR count). The van der Waals surface area contributed by atoms with Crippen molar-refractivity contribution in [2.75, 3.05) is 5.32 Å². The van der Waals surface area contributed by atoms with Crippen molar-refractivity contribution in [1.82, 2.24) is 14.7 Å². The molecule has 0 saturated carbocycles. The molecular weight excluding hydrogens is 420 g/mol. The lowest BCUT2D eigenvalue weighted by Crippen LogP contribution is -2.28. The summed E-state index contributed by atoms with van der Waals surface area (Å²) in [6.07, 6.45) is 1.49. The van der Waals surface area contributed by atoms with Gasteiger partial charge in [-0.3, -0.25) is 19.3 Å². The van der Waals surface area contributed by atoms with Crippen molar-refractivity contribution in [2.45, 2.75) is 20.4 Å². The van der Waals surface area contributed by atoms with Crippen molar-refractivity contribution >= 4 is 23.4 Å². The molecule has 2 aromatic heterocycles. The normalized spacial score (nSPS) is 12.8. The predicted octanol–water partition coefficient (Wildman–Crippen LogP) is 4.13. The highest BCUT2D eigenvalue weighted by molar-refractivity contribution is 6.22. The zero-order valence-electron chi connectivity index (χ0n) is 18.0. The number of furan rings is 1. The van der Waals surface area contributed by atoms with Crippen LogP contribution in [0, 0.1) is 13.8 Å². The van der Waals surface area contributed by atoms with E-state index in [4.69, 9.17) is 4.42 Å². The molecule has 8 nitrogen and oxygen atoms in total. The van der Waals surface area contributed by atoms with Gasteiger partial charge in [-0.2, -0.15) is 5.10 Å². The minimum absolute atomic E-state index is 0.0396. The van der Waals surface area contributed by atoms with E-state index < -0.39 is 11.8 Å². The van der Waals surface area contributed by atoms with E-state index in [1.807, 2.05) is 44.2 Å². The van der Waals surface area contributed by atoms with Crippen LogP contribution in [0.2, 0.25) is 0 Å². The Morgan fingerprint density at radius 2 is 1.73 bits per heavy atom. The zero-order valence-corrected chi connectivity index (χ0v) is 18.0. The summed E-state index contributed by atoms with van der Waals surface area (Å²) in [6.45, 7) is 3.73. The second-order valence-electron chi connectivity index (χ2n) is 7.78. The quantitative estimate of drug-likeness (QED) is 0.471. The molecule has 33 heavy (non-hydrogen) atoms. The van der Waals surface area contributed by atoms with Gasteiger partial charge in [0.1, 0.15) is 5.76 Å². The van der Waals surface area contributed by atoms with Crippen LogP contribution < -0.4 is 5.32 Å². The summed E-state index contributed by atoms with van der Waals surface area (Å²) in [4.78, 5) is 39.7. The van der Waals surface area contributed by atoms with Crippen molar-refractivity contribution in [1.29, 1.82) is 0 Å². The molecule has 1 N–H and O–H groups in total. The highest BCUT2D eigenvalue weighted by Gasteiger charge is 2.36. The fourth-order valence-electron chi connectivity index (χ4n) is 3.96. The lowest BCUT2D eigenvalue weighted by Gasteiger charge is -2.11. The van der Waals surface area contributed by atoms with E-state index in [9.17, 15) is 14.4 Å². The number of imide groups is 1. The minimum atomic E-state index is -0.453. The second kappa shape index (κ2) is 7.90. The Bertz CT molecular complexity index is 1390. The van der Waals surface area contributed by atoms with Gasteiger partial charge in [-0.05, 0) is 56.3 Å². The van der Waals surface area contributed by atoms with Crippen molar-refractivity contribution in [3.63, 3.8) is 0 Å². The summed E-state index contributed by atoms with van der Waals surface area (Å²) in [5.41, 5.74) is 3.69.